The summed E-state index contributed by atoms with van der Waals surface area (Å²) in [5, 5.41) is 0. The van der Waals surface area contributed by atoms with Gasteiger partial charge >= 0.3 is 0 Å². The van der Waals surface area contributed by atoms with Crippen molar-refractivity contribution in [3.8, 4) is 0 Å². The second kappa shape index (κ2) is 39.4. The second-order valence-electron chi connectivity index (χ2n) is 7.83. The molecule has 1 saturated heterocycles. The molecule has 1 aliphatic heterocycles. The van der Waals surface area contributed by atoms with Crippen LogP contribution < -0.4 is 0 Å². The molecule has 0 spiro atoms. The van der Waals surface area contributed by atoms with Gasteiger partial charge in [-0.3, -0.25) is 4.39 Å². The van der Waals surface area contributed by atoms with Gasteiger partial charge in [0.2, 0.25) is 0 Å². The Labute approximate surface area is 195 Å². The number of rotatable bonds is 8. The number of hydrogen-bond donors (Lipinski definition) is 0. The molecular formula is C28H66FN. The van der Waals surface area contributed by atoms with E-state index < -0.39 is 0 Å². The van der Waals surface area contributed by atoms with Crippen LogP contribution in [0.5, 0.6) is 0 Å². The molecule has 0 aliphatic carbocycles. The van der Waals surface area contributed by atoms with E-state index in [1.807, 2.05) is 27.7 Å². The zero-order chi connectivity index (χ0) is 24.8. The minimum absolute atomic E-state index is 0.181. The van der Waals surface area contributed by atoms with Crippen LogP contribution in [0.15, 0.2) is 0 Å². The molecule has 1 heterocycles. The average molecular weight is 436 g/mol. The van der Waals surface area contributed by atoms with E-state index in [9.17, 15) is 4.39 Å². The Kier molecular flexibility index (Phi) is 52.9. The highest BCUT2D eigenvalue weighted by Crippen LogP contribution is 2.22. The molecule has 1 aliphatic rings. The Morgan fingerprint density at radius 1 is 0.800 bits per heavy atom. The maximum absolute atomic E-state index is 10.7. The highest BCUT2D eigenvalue weighted by molar-refractivity contribution is 4.79. The molecule has 0 saturated carbocycles. The van der Waals surface area contributed by atoms with Crippen LogP contribution in [-0.2, 0) is 0 Å². The molecule has 190 valence electrons. The molecule has 0 N–H and O–H groups in total. The van der Waals surface area contributed by atoms with E-state index in [4.69, 9.17) is 0 Å². The van der Waals surface area contributed by atoms with Crippen LogP contribution in [0.2, 0.25) is 0 Å². The minimum atomic E-state index is -0.181. The zero-order valence-corrected chi connectivity index (χ0v) is 24.0. The van der Waals surface area contributed by atoms with Crippen molar-refractivity contribution >= 4 is 0 Å². The van der Waals surface area contributed by atoms with Gasteiger partial charge in [0.05, 0.1) is 6.67 Å². The van der Waals surface area contributed by atoms with Crippen LogP contribution in [0.3, 0.4) is 0 Å². The molecule has 1 nitrogen and oxygen atoms in total. The molecule has 0 aromatic heterocycles. The first kappa shape index (κ1) is 40.3. The number of hydrogen-bond acceptors (Lipinski definition) is 1. The van der Waals surface area contributed by atoms with Crippen molar-refractivity contribution in [3.05, 3.63) is 0 Å². The fourth-order valence-electron chi connectivity index (χ4n) is 2.57. The van der Waals surface area contributed by atoms with Crippen LogP contribution in [0.1, 0.15) is 148 Å². The normalized spacial score (nSPS) is 17.8. The van der Waals surface area contributed by atoms with Gasteiger partial charge < -0.3 is 4.90 Å². The second-order valence-corrected chi connectivity index (χ2v) is 7.83. The van der Waals surface area contributed by atoms with Crippen molar-refractivity contribution in [3.63, 3.8) is 0 Å². The fraction of sp³-hybridized carbons (Fsp3) is 1.00. The number of unbranched alkanes of at least 4 members (excludes halogenated alkanes) is 3. The topological polar surface area (TPSA) is 3.24 Å². The first-order chi connectivity index (χ1) is 14.4. The van der Waals surface area contributed by atoms with E-state index in [0.717, 1.165) is 17.9 Å². The Hall–Kier alpha value is -0.110. The Morgan fingerprint density at radius 2 is 1.27 bits per heavy atom. The van der Waals surface area contributed by atoms with Gasteiger partial charge in [0.1, 0.15) is 0 Å². The Bertz CT molecular complexity index is 225. The quantitative estimate of drug-likeness (QED) is 0.342. The number of likely N-dealkylation sites (tertiary alicyclic amines) is 1. The van der Waals surface area contributed by atoms with Crippen molar-refractivity contribution in [1.29, 1.82) is 0 Å². The molecule has 1 rings (SSSR count). The molecule has 2 heteroatoms. The van der Waals surface area contributed by atoms with E-state index >= 15 is 0 Å². The minimum Gasteiger partial charge on any atom is -0.301 e. The zero-order valence-electron chi connectivity index (χ0n) is 24.0. The summed E-state index contributed by atoms with van der Waals surface area (Å²) < 4.78 is 10.7. The molecule has 3 unspecified atom stereocenters. The summed E-state index contributed by atoms with van der Waals surface area (Å²) in [6, 6.07) is 0.829. The molecule has 30 heavy (non-hydrogen) atoms. The lowest BCUT2D eigenvalue weighted by Gasteiger charge is -2.20. The summed E-state index contributed by atoms with van der Waals surface area (Å²) in [5.41, 5.74) is 0. The first-order valence-electron chi connectivity index (χ1n) is 13.7. The predicted octanol–water partition coefficient (Wildman–Crippen LogP) is 10.6. The smallest absolute Gasteiger partial charge is 0.0891 e. The molecule has 0 aromatic carbocycles. The third-order valence-corrected chi connectivity index (χ3v) is 5.36. The number of alkyl halides is 1. The highest BCUT2D eigenvalue weighted by Gasteiger charge is 2.25. The van der Waals surface area contributed by atoms with Crippen LogP contribution in [0.25, 0.3) is 0 Å². The largest absolute Gasteiger partial charge is 0.301 e. The molecular weight excluding hydrogens is 369 g/mol. The number of nitrogens with zero attached hydrogens (tertiary/aromatic N) is 1. The third kappa shape index (κ3) is 35.3. The van der Waals surface area contributed by atoms with E-state index in [-0.39, 0.29) is 6.67 Å². The average Bonchev–Trinajstić information content (AvgIpc) is 3.14. The third-order valence-electron chi connectivity index (χ3n) is 5.36. The lowest BCUT2D eigenvalue weighted by atomic mass is 10.0. The van der Waals surface area contributed by atoms with Crippen molar-refractivity contribution in [2.45, 2.75) is 154 Å². The molecule has 0 amide bonds. The van der Waals surface area contributed by atoms with Crippen LogP contribution >= 0.6 is 0 Å². The van der Waals surface area contributed by atoms with Crippen molar-refractivity contribution in [2.24, 2.45) is 11.8 Å². The van der Waals surface area contributed by atoms with Gasteiger partial charge in [-0.25, -0.2) is 0 Å². The first-order valence-corrected chi connectivity index (χ1v) is 13.7. The molecule has 3 atom stereocenters. The Balaban J connectivity index is -0.0000000926. The van der Waals surface area contributed by atoms with Gasteiger partial charge in [-0.05, 0) is 44.7 Å². The van der Waals surface area contributed by atoms with Gasteiger partial charge in [-0.15, -0.1) is 0 Å². The lowest BCUT2D eigenvalue weighted by molar-refractivity contribution is 0.260. The monoisotopic (exact) mass is 436 g/mol. The van der Waals surface area contributed by atoms with Crippen LogP contribution in [0, 0.1) is 11.8 Å². The molecule has 0 aromatic rings. The molecule has 1 fully saturated rings. The summed E-state index contributed by atoms with van der Waals surface area (Å²) in [6.07, 6.45) is 11.7. The SMILES string of the molecule is CC.CC.CCCC.CCCCCC(C)CC.CCCF.CCN1CCC(C)C1C. The maximum atomic E-state index is 10.7. The summed E-state index contributed by atoms with van der Waals surface area (Å²) >= 11 is 0. The summed E-state index contributed by atoms with van der Waals surface area (Å²) in [4.78, 5) is 2.55. The van der Waals surface area contributed by atoms with Crippen molar-refractivity contribution in [2.75, 3.05) is 19.8 Å². The summed E-state index contributed by atoms with van der Waals surface area (Å²) in [6.45, 7) is 30.3. The molecule has 0 bridgehead atoms. The predicted molar refractivity (Wildman–Crippen MR) is 144 cm³/mol. The van der Waals surface area contributed by atoms with E-state index in [0.29, 0.717) is 6.42 Å². The van der Waals surface area contributed by atoms with Crippen molar-refractivity contribution < 1.29 is 4.39 Å². The van der Waals surface area contributed by atoms with Gasteiger partial charge in [-0.2, -0.15) is 0 Å². The number of halogens is 1. The standard InChI is InChI=1S/C9H20.C8H17N.C4H10.C3H7F.2C2H6/c1-4-6-7-8-9(3)5-2;1-4-9-6-5-7(2)8(9)3;1-3-4-2;1-2-3-4;2*1-2/h9H,4-8H2,1-3H3;7-8H,4-6H2,1-3H3;3-4H2,1-2H3;2-3H2,1H3;2*1-2H3. The van der Waals surface area contributed by atoms with Crippen LogP contribution in [-0.4, -0.2) is 30.7 Å². The lowest BCUT2D eigenvalue weighted by Crippen LogP contribution is -2.28. The van der Waals surface area contributed by atoms with Gasteiger partial charge in [-0.1, -0.05) is 128 Å². The van der Waals surface area contributed by atoms with Gasteiger partial charge in [0.25, 0.3) is 0 Å². The van der Waals surface area contributed by atoms with E-state index in [2.05, 4.69) is 60.3 Å². The van der Waals surface area contributed by atoms with E-state index in [1.165, 1.54) is 64.5 Å². The fourth-order valence-corrected chi connectivity index (χ4v) is 2.57. The van der Waals surface area contributed by atoms with Crippen molar-refractivity contribution in [1.82, 2.24) is 4.90 Å². The maximum Gasteiger partial charge on any atom is 0.0891 e. The summed E-state index contributed by atoms with van der Waals surface area (Å²) in [7, 11) is 0. The van der Waals surface area contributed by atoms with Gasteiger partial charge in [0.15, 0.2) is 0 Å². The summed E-state index contributed by atoms with van der Waals surface area (Å²) in [5.74, 6) is 1.88. The Morgan fingerprint density at radius 3 is 1.47 bits per heavy atom. The van der Waals surface area contributed by atoms with E-state index in [1.54, 1.807) is 6.92 Å². The van der Waals surface area contributed by atoms with Crippen LogP contribution in [0.4, 0.5) is 4.39 Å². The van der Waals surface area contributed by atoms with Gasteiger partial charge in [0, 0.05) is 6.04 Å². The molecule has 0 radical (unpaired) electrons. The highest BCUT2D eigenvalue weighted by atomic mass is 19.1.